The fourth-order valence-corrected chi connectivity index (χ4v) is 8.52. The van der Waals surface area contributed by atoms with E-state index in [1.54, 1.807) is 0 Å². The molecule has 0 aromatic carbocycles. The maximum atomic E-state index is 12.8. The van der Waals surface area contributed by atoms with Crippen molar-refractivity contribution in [2.75, 3.05) is 114 Å². The zero-order valence-electron chi connectivity index (χ0n) is 41.7. The molecule has 3 saturated heterocycles. The fraction of sp³-hybridized carbons (Fsp3) is 1.00. The molecule has 3 rings (SSSR count). The molecule has 12 nitrogen and oxygen atoms in total. The van der Waals surface area contributed by atoms with E-state index in [-0.39, 0.29) is 42.3 Å². The number of alkyl halides is 6. The largest absolute Gasteiger partial charge is 0.343 e. The third-order valence-corrected chi connectivity index (χ3v) is 10.8. The van der Waals surface area contributed by atoms with E-state index in [1.807, 2.05) is 0 Å². The molecular weight excluding hydrogens is 738 g/mol. The van der Waals surface area contributed by atoms with Gasteiger partial charge >= 0.3 is 23.0 Å². The second-order valence-electron chi connectivity index (χ2n) is 7.19. The Morgan fingerprint density at radius 3 is 1.14 bits per heavy atom. The molecule has 0 saturated carbocycles. The highest BCUT2D eigenvalue weighted by molar-refractivity contribution is 7.55. The Bertz CT molecular complexity index is 1470. The molecule has 0 spiro atoms. The molecular formula is C21H45Cl6N6O6P3. The predicted molar refractivity (Wildman–Crippen MR) is 178 cm³/mol. The van der Waals surface area contributed by atoms with E-state index in [4.69, 9.17) is 111 Å². The van der Waals surface area contributed by atoms with Crippen LogP contribution >= 0.6 is 92.6 Å². The predicted octanol–water partition coefficient (Wildman–Crippen LogP) is 5.65. The van der Waals surface area contributed by atoms with Gasteiger partial charge in [0.25, 0.3) is 0 Å². The van der Waals surface area contributed by atoms with E-state index in [9.17, 15) is 13.7 Å². The molecule has 3 heterocycles. The van der Waals surface area contributed by atoms with Crippen LogP contribution in [0.4, 0.5) is 0 Å². The summed E-state index contributed by atoms with van der Waals surface area (Å²) in [6.07, 6.45) is 1.43. The van der Waals surface area contributed by atoms with Crippen molar-refractivity contribution >= 4 is 92.6 Å². The van der Waals surface area contributed by atoms with E-state index in [0.29, 0.717) is 30.5 Å². The Hall–Kier alpha value is 2.07. The number of hydrogen-bond acceptors (Lipinski definition) is 6. The standard InChI is InChI=1S/3C7H15Cl2N2O2P/c3*8-2-5-11(6-3-9)14(12)10-4-1-7-13-14/h3*1-7H2,(H,10,12)/i2T2,3T2,5T2,6T2;2D2,3D2,5T2,6T2;5T2,6T2. The third-order valence-electron chi connectivity index (χ3n) is 4.50. The normalized spacial score (nSPS) is 38.7. The molecule has 0 bridgehead atoms. The maximum absolute atomic E-state index is 12.8. The molecule has 0 aliphatic carbocycles. The van der Waals surface area contributed by atoms with Crippen molar-refractivity contribution in [3.63, 3.8) is 0 Å². The number of nitrogens with zero attached hydrogens (tertiary/aromatic N) is 3. The quantitative estimate of drug-likeness (QED) is 0.140. The molecule has 3 N–H and O–H groups in total. The number of hydrogen-bond donors (Lipinski definition) is 3. The van der Waals surface area contributed by atoms with E-state index >= 15 is 0 Å². The summed E-state index contributed by atoms with van der Waals surface area (Å²) < 4.78 is 205. The molecule has 3 aliphatic rings. The molecule has 21 heteroatoms. The van der Waals surface area contributed by atoms with E-state index in [1.165, 1.54) is 0 Å². The zero-order chi connectivity index (χ0) is 49.3. The van der Waals surface area contributed by atoms with Gasteiger partial charge in [-0.2, -0.15) is 0 Å². The monoisotopic (exact) mass is 816 g/mol. The molecule has 0 amide bonds. The Balaban J connectivity index is 0.000000468. The summed E-state index contributed by atoms with van der Waals surface area (Å²) in [5.41, 5.74) is 0. The summed E-state index contributed by atoms with van der Waals surface area (Å²) >= 11 is 32.4. The van der Waals surface area contributed by atoms with E-state index in [0.717, 1.165) is 0 Å². The summed E-state index contributed by atoms with van der Waals surface area (Å²) in [6.45, 7) is -17.8. The minimum atomic E-state index is -4.48. The Kier molecular flexibility index (Phi) is 11.5. The van der Waals surface area contributed by atoms with Crippen molar-refractivity contribution in [3.05, 3.63) is 0 Å². The van der Waals surface area contributed by atoms with Crippen molar-refractivity contribution in [2.45, 2.75) is 19.3 Å². The highest BCUT2D eigenvalue weighted by atomic mass is 35.5. The molecule has 3 unspecified atom stereocenters. The lowest BCUT2D eigenvalue weighted by atomic mass is 10.5. The summed E-state index contributed by atoms with van der Waals surface area (Å²) in [5, 5.41) is 7.10. The second kappa shape index (κ2) is 24.2. The SMILES string of the molecule is [2H]C([2H])(Cl)C([3H])([3H])N(C([3H])([3H])C([2H])([2H])Cl)P1(=O)NCCCO1.[3H]C([3H])(CCl)N(C([3H])([3H])CCl)P1(=O)NCCCO1.[3H]C([3H])(Cl)C([3H])([3H])N(C([3H])([3H])C([3H])([3H])Cl)P1(=O)NCCCO1. The topological polar surface area (TPSA) is 125 Å². The smallest absolute Gasteiger partial charge is 0.306 e. The van der Waals surface area contributed by atoms with Gasteiger partial charge in [0.1, 0.15) is 0 Å². The first-order chi connectivity index (χ1) is 27.3. The molecule has 3 aliphatic heterocycles. The lowest BCUT2D eigenvalue weighted by Crippen LogP contribution is -2.35. The zero-order valence-corrected chi connectivity index (χ0v) is 28.9. The summed E-state index contributed by atoms with van der Waals surface area (Å²) in [6, 6.07) is 0. The third kappa shape index (κ3) is 15.3. The van der Waals surface area contributed by atoms with Crippen LogP contribution in [0.15, 0.2) is 0 Å². The van der Waals surface area contributed by atoms with Gasteiger partial charge in [-0.3, -0.25) is 13.7 Å². The Labute approximate surface area is 309 Å². The lowest BCUT2D eigenvalue weighted by Gasteiger charge is -2.33. The minimum absolute atomic E-state index is 0.0799. The van der Waals surface area contributed by atoms with Crippen LogP contribution in [-0.4, -0.2) is 128 Å². The Morgan fingerprint density at radius 1 is 0.595 bits per heavy atom. The number of nitrogens with one attached hydrogen (secondary N) is 3. The first kappa shape index (κ1) is 19.9. The van der Waals surface area contributed by atoms with Gasteiger partial charge in [0.15, 0.2) is 0 Å². The van der Waals surface area contributed by atoms with Gasteiger partial charge in [-0.25, -0.2) is 29.3 Å². The van der Waals surface area contributed by atoms with Crippen molar-refractivity contribution in [1.82, 2.24) is 29.3 Å². The highest BCUT2D eigenvalue weighted by Gasteiger charge is 2.34. The molecule has 3 fully saturated rings. The van der Waals surface area contributed by atoms with Crippen molar-refractivity contribution in [1.29, 1.82) is 0 Å². The van der Waals surface area contributed by atoms with E-state index < -0.39 is 97.1 Å². The second-order valence-corrected chi connectivity index (χ2v) is 14.5. The van der Waals surface area contributed by atoms with Crippen molar-refractivity contribution < 1.29 is 54.7 Å². The van der Waals surface area contributed by atoms with Crippen LogP contribution in [-0.2, 0) is 27.3 Å². The van der Waals surface area contributed by atoms with Crippen LogP contribution in [0.5, 0.6) is 0 Å². The molecule has 0 radical (unpaired) electrons. The molecule has 0 aromatic heterocycles. The lowest BCUT2D eigenvalue weighted by molar-refractivity contribution is 0.232. The van der Waals surface area contributed by atoms with Gasteiger partial charge in [0, 0.05) is 121 Å². The maximum Gasteiger partial charge on any atom is 0.343 e. The van der Waals surface area contributed by atoms with Crippen molar-refractivity contribution in [3.8, 4) is 0 Å². The van der Waals surface area contributed by atoms with Crippen LogP contribution in [0.2, 0.25) is 0 Å². The Morgan fingerprint density at radius 2 is 0.905 bits per heavy atom. The van der Waals surface area contributed by atoms with Gasteiger partial charge < -0.3 is 13.6 Å². The van der Waals surface area contributed by atoms with Gasteiger partial charge in [-0.15, -0.1) is 69.6 Å². The average Bonchev–Trinajstić information content (AvgIpc) is 3.06. The molecule has 42 heavy (non-hydrogen) atoms. The van der Waals surface area contributed by atoms with E-state index in [2.05, 4.69) is 15.3 Å². The first-order valence-corrected chi connectivity index (χ1v) is 18.9. The summed E-state index contributed by atoms with van der Waals surface area (Å²) in [5.74, 6) is -13.9. The number of halogens is 6. The summed E-state index contributed by atoms with van der Waals surface area (Å²) in [4.78, 5) is 0. The van der Waals surface area contributed by atoms with Crippen molar-refractivity contribution in [2.24, 2.45) is 0 Å². The minimum Gasteiger partial charge on any atom is -0.306 e. The van der Waals surface area contributed by atoms with Crippen LogP contribution in [0.1, 0.15) is 46.7 Å². The van der Waals surface area contributed by atoms with Crippen LogP contribution in [0, 0.1) is 0 Å². The van der Waals surface area contributed by atoms with Crippen LogP contribution in [0.25, 0.3) is 0 Å². The molecule has 252 valence electrons. The average molecular weight is 819 g/mol. The number of rotatable bonds is 15. The molecule has 0 aromatic rings. The van der Waals surface area contributed by atoms with Gasteiger partial charge in [-0.05, 0) is 19.3 Å². The van der Waals surface area contributed by atoms with Crippen LogP contribution < -0.4 is 15.3 Å². The fourth-order valence-electron chi connectivity index (χ4n) is 2.80. The van der Waals surface area contributed by atoms with Gasteiger partial charge in [0.05, 0.1) is 19.8 Å². The highest BCUT2D eigenvalue weighted by Crippen LogP contribution is 2.49. The first-order valence-electron chi connectivity index (χ1n) is 21.6. The van der Waals surface area contributed by atoms with Gasteiger partial charge in [0.2, 0.25) is 0 Å². The van der Waals surface area contributed by atoms with Crippen LogP contribution in [0.3, 0.4) is 0 Å². The summed E-state index contributed by atoms with van der Waals surface area (Å²) in [7, 11) is -12.8. The molecule has 3 atom stereocenters. The van der Waals surface area contributed by atoms with Gasteiger partial charge in [-0.1, -0.05) is 0 Å².